The Morgan fingerprint density at radius 2 is 2.25 bits per heavy atom. The first kappa shape index (κ1) is 8.93. The van der Waals surface area contributed by atoms with E-state index >= 15 is 0 Å². The van der Waals surface area contributed by atoms with Crippen LogP contribution < -0.4 is 0 Å². The number of rotatable bonds is 2. The Morgan fingerprint density at radius 1 is 1.58 bits per heavy atom. The monoisotopic (exact) mass is 227 g/mol. The lowest BCUT2D eigenvalue weighted by atomic mass is 10.2. The molecule has 0 bridgehead atoms. The van der Waals surface area contributed by atoms with Gasteiger partial charge < -0.3 is 0 Å². The van der Waals surface area contributed by atoms with E-state index in [2.05, 4.69) is 22.5 Å². The van der Waals surface area contributed by atoms with E-state index in [1.54, 1.807) is 18.2 Å². The van der Waals surface area contributed by atoms with Gasteiger partial charge in [-0.1, -0.05) is 18.7 Å². The molecule has 0 radical (unpaired) electrons. The van der Waals surface area contributed by atoms with Gasteiger partial charge >= 0.3 is 0 Å². The van der Waals surface area contributed by atoms with Crippen LogP contribution in [0.15, 0.2) is 29.3 Å². The average Bonchev–Trinajstić information content (AvgIpc) is 2.05. The average molecular weight is 228 g/mol. The topological polar surface area (TPSA) is 43.1 Å². The van der Waals surface area contributed by atoms with Gasteiger partial charge in [0.25, 0.3) is 5.69 Å². The zero-order valence-corrected chi connectivity index (χ0v) is 7.74. The van der Waals surface area contributed by atoms with Gasteiger partial charge in [0.15, 0.2) is 0 Å². The molecule has 1 aromatic rings. The third kappa shape index (κ3) is 1.71. The summed E-state index contributed by atoms with van der Waals surface area (Å²) in [4.78, 5) is 10.00. The molecule has 0 aliphatic heterocycles. The molecule has 62 valence electrons. The third-order valence-electron chi connectivity index (χ3n) is 1.40. The van der Waals surface area contributed by atoms with Gasteiger partial charge in [0.2, 0.25) is 0 Å². The molecule has 4 heteroatoms. The van der Waals surface area contributed by atoms with Crippen LogP contribution >= 0.6 is 15.9 Å². The van der Waals surface area contributed by atoms with E-state index < -0.39 is 4.92 Å². The van der Waals surface area contributed by atoms with Crippen LogP contribution in [0.3, 0.4) is 0 Å². The number of nitro groups is 1. The first-order valence-electron chi connectivity index (χ1n) is 3.21. The summed E-state index contributed by atoms with van der Waals surface area (Å²) in [6, 6.07) is 4.86. The van der Waals surface area contributed by atoms with Gasteiger partial charge in [-0.25, -0.2) is 0 Å². The summed E-state index contributed by atoms with van der Waals surface area (Å²) in [5.41, 5.74) is 0.803. The molecule has 0 aliphatic carbocycles. The minimum atomic E-state index is -0.433. The molecule has 1 aromatic carbocycles. The molecule has 0 atom stereocenters. The molecule has 0 amide bonds. The molecule has 0 fully saturated rings. The van der Waals surface area contributed by atoms with Gasteiger partial charge in [0.1, 0.15) is 0 Å². The van der Waals surface area contributed by atoms with Gasteiger partial charge in [-0.3, -0.25) is 10.1 Å². The molecule has 0 heterocycles. The Kier molecular flexibility index (Phi) is 2.60. The molecule has 12 heavy (non-hydrogen) atoms. The fourth-order valence-electron chi connectivity index (χ4n) is 0.797. The molecule has 0 aliphatic rings. The van der Waals surface area contributed by atoms with Gasteiger partial charge in [-0.2, -0.15) is 0 Å². The molecule has 3 nitrogen and oxygen atoms in total. The fraction of sp³-hybridized carbons (Fsp3) is 0. The fourth-order valence-corrected chi connectivity index (χ4v) is 1.19. The van der Waals surface area contributed by atoms with E-state index in [4.69, 9.17) is 0 Å². The van der Waals surface area contributed by atoms with Crippen molar-refractivity contribution >= 4 is 27.7 Å². The number of nitrogens with zero attached hydrogens (tertiary/aromatic N) is 1. The number of halogens is 1. The maximum Gasteiger partial charge on any atom is 0.284 e. The summed E-state index contributed by atoms with van der Waals surface area (Å²) >= 11 is 3.08. The Morgan fingerprint density at radius 3 is 2.75 bits per heavy atom. The summed E-state index contributed by atoms with van der Waals surface area (Å²) in [7, 11) is 0. The Hall–Kier alpha value is -1.16. The van der Waals surface area contributed by atoms with Crippen molar-refractivity contribution in [3.05, 3.63) is 44.9 Å². The summed E-state index contributed by atoms with van der Waals surface area (Å²) in [5.74, 6) is 0. The van der Waals surface area contributed by atoms with Crippen molar-refractivity contribution in [1.82, 2.24) is 0 Å². The standard InChI is InChI=1S/C8H6BrNO2/c1-2-6-3-4-7(9)8(5-6)10(11)12/h2-5H,1H2. The van der Waals surface area contributed by atoms with Crippen LogP contribution in [-0.4, -0.2) is 4.92 Å². The highest BCUT2D eigenvalue weighted by atomic mass is 79.9. The first-order chi connectivity index (χ1) is 5.65. The van der Waals surface area contributed by atoms with E-state index in [0.29, 0.717) is 4.47 Å². The van der Waals surface area contributed by atoms with Crippen molar-refractivity contribution in [2.45, 2.75) is 0 Å². The lowest BCUT2D eigenvalue weighted by Crippen LogP contribution is -1.89. The summed E-state index contributed by atoms with van der Waals surface area (Å²) in [5, 5.41) is 10.4. The molecular weight excluding hydrogens is 222 g/mol. The zero-order valence-electron chi connectivity index (χ0n) is 6.16. The van der Waals surface area contributed by atoms with E-state index in [0.717, 1.165) is 5.56 Å². The molecule has 0 saturated carbocycles. The predicted molar refractivity (Wildman–Crippen MR) is 50.9 cm³/mol. The highest BCUT2D eigenvalue weighted by Crippen LogP contribution is 2.25. The SMILES string of the molecule is C=Cc1ccc(Br)c([N+](=O)[O-])c1. The molecular formula is C8H6BrNO2. The van der Waals surface area contributed by atoms with Crippen LogP contribution in [0, 0.1) is 10.1 Å². The number of nitro benzene ring substituents is 1. The molecule has 1 rings (SSSR count). The van der Waals surface area contributed by atoms with Crippen LogP contribution in [-0.2, 0) is 0 Å². The highest BCUT2D eigenvalue weighted by molar-refractivity contribution is 9.10. The second kappa shape index (κ2) is 3.49. The summed E-state index contributed by atoms with van der Waals surface area (Å²) in [6.45, 7) is 3.52. The van der Waals surface area contributed by atoms with E-state index in [-0.39, 0.29) is 5.69 Å². The van der Waals surface area contributed by atoms with Crippen LogP contribution in [0.1, 0.15) is 5.56 Å². The van der Waals surface area contributed by atoms with Crippen molar-refractivity contribution in [3.8, 4) is 0 Å². The van der Waals surface area contributed by atoms with Crippen LogP contribution in [0.2, 0.25) is 0 Å². The number of hydrogen-bond donors (Lipinski definition) is 0. The van der Waals surface area contributed by atoms with Crippen molar-refractivity contribution in [2.75, 3.05) is 0 Å². The molecule has 0 spiro atoms. The zero-order chi connectivity index (χ0) is 9.14. The second-order valence-electron chi connectivity index (χ2n) is 2.17. The van der Waals surface area contributed by atoms with Crippen LogP contribution in [0.25, 0.3) is 6.08 Å². The Bertz CT molecular complexity index is 336. The first-order valence-corrected chi connectivity index (χ1v) is 4.01. The van der Waals surface area contributed by atoms with Crippen LogP contribution in [0.4, 0.5) is 5.69 Å². The number of benzene rings is 1. The minimum absolute atomic E-state index is 0.0624. The van der Waals surface area contributed by atoms with Gasteiger partial charge in [0.05, 0.1) is 9.40 Å². The van der Waals surface area contributed by atoms with E-state index in [1.165, 1.54) is 6.07 Å². The Labute approximate surface area is 78.0 Å². The lowest BCUT2D eigenvalue weighted by Gasteiger charge is -1.96. The molecule has 0 aromatic heterocycles. The molecule has 0 unspecified atom stereocenters. The molecule has 0 N–H and O–H groups in total. The smallest absolute Gasteiger partial charge is 0.258 e. The Balaban J connectivity index is 3.25. The minimum Gasteiger partial charge on any atom is -0.258 e. The predicted octanol–water partition coefficient (Wildman–Crippen LogP) is 3.00. The van der Waals surface area contributed by atoms with Crippen molar-refractivity contribution in [1.29, 1.82) is 0 Å². The highest BCUT2D eigenvalue weighted by Gasteiger charge is 2.10. The maximum atomic E-state index is 10.4. The van der Waals surface area contributed by atoms with Crippen LogP contribution in [0.5, 0.6) is 0 Å². The van der Waals surface area contributed by atoms with Crippen molar-refractivity contribution < 1.29 is 4.92 Å². The van der Waals surface area contributed by atoms with Gasteiger partial charge in [0, 0.05) is 6.07 Å². The largest absolute Gasteiger partial charge is 0.284 e. The van der Waals surface area contributed by atoms with Gasteiger partial charge in [-0.05, 0) is 27.6 Å². The van der Waals surface area contributed by atoms with E-state index in [9.17, 15) is 10.1 Å². The van der Waals surface area contributed by atoms with Crippen molar-refractivity contribution in [2.24, 2.45) is 0 Å². The quantitative estimate of drug-likeness (QED) is 0.576. The third-order valence-corrected chi connectivity index (χ3v) is 2.07. The summed E-state index contributed by atoms with van der Waals surface area (Å²) < 4.78 is 0.484. The second-order valence-corrected chi connectivity index (χ2v) is 3.03. The molecule has 0 saturated heterocycles. The van der Waals surface area contributed by atoms with Gasteiger partial charge in [-0.15, -0.1) is 0 Å². The lowest BCUT2D eigenvalue weighted by molar-refractivity contribution is -0.385. The summed E-state index contributed by atoms with van der Waals surface area (Å²) in [6.07, 6.45) is 1.57. The van der Waals surface area contributed by atoms with Crippen molar-refractivity contribution in [3.63, 3.8) is 0 Å². The maximum absolute atomic E-state index is 10.4. The number of hydrogen-bond acceptors (Lipinski definition) is 2. The van der Waals surface area contributed by atoms with E-state index in [1.807, 2.05) is 0 Å². The normalized spacial score (nSPS) is 9.42.